The lowest BCUT2D eigenvalue weighted by atomic mass is 9.99. The highest BCUT2D eigenvalue weighted by molar-refractivity contribution is 14.1. The summed E-state index contributed by atoms with van der Waals surface area (Å²) in [5, 5.41) is 16.0. The summed E-state index contributed by atoms with van der Waals surface area (Å²) in [5.41, 5.74) is 8.96. The van der Waals surface area contributed by atoms with Crippen molar-refractivity contribution < 1.29 is 24.2 Å². The van der Waals surface area contributed by atoms with Gasteiger partial charge in [0.1, 0.15) is 5.75 Å². The molecule has 8 nitrogen and oxygen atoms in total. The summed E-state index contributed by atoms with van der Waals surface area (Å²) < 4.78 is 12.3. The van der Waals surface area contributed by atoms with E-state index in [2.05, 4.69) is 33.2 Å². The number of phenols is 1. The quantitative estimate of drug-likeness (QED) is 0.123. The van der Waals surface area contributed by atoms with Crippen LogP contribution in [0.25, 0.3) is 0 Å². The van der Waals surface area contributed by atoms with Crippen molar-refractivity contribution in [2.24, 2.45) is 0 Å². The van der Waals surface area contributed by atoms with Gasteiger partial charge in [0.25, 0.3) is 0 Å². The van der Waals surface area contributed by atoms with E-state index in [0.29, 0.717) is 35.5 Å². The smallest absolute Gasteiger partial charge is 0.412 e. The summed E-state index contributed by atoms with van der Waals surface area (Å²) in [4.78, 5) is 25.0. The van der Waals surface area contributed by atoms with E-state index in [-0.39, 0.29) is 11.7 Å². The number of hydrogen-bond acceptors (Lipinski definition) is 6. The SMILES string of the molecule is CO[C@H](CC/C=C/C(=O)Nc1ccccc1N)[C@H](OC(=O)Nc1ccc(C)cc1)c1cc(I)ccc1O. The lowest BCUT2D eigenvalue weighted by Gasteiger charge is -2.27. The zero-order valence-electron chi connectivity index (χ0n) is 20.6. The summed E-state index contributed by atoms with van der Waals surface area (Å²) in [6.45, 7) is 1.95. The molecular weight excluding hydrogens is 585 g/mol. The number of nitrogens with two attached hydrogens (primary N) is 1. The number of ether oxygens (including phenoxy) is 2. The van der Waals surface area contributed by atoms with Crippen LogP contribution >= 0.6 is 22.6 Å². The monoisotopic (exact) mass is 615 g/mol. The Morgan fingerprint density at radius 1 is 1.08 bits per heavy atom. The average molecular weight is 615 g/mol. The normalized spacial score (nSPS) is 12.6. The van der Waals surface area contributed by atoms with Gasteiger partial charge in [0.05, 0.1) is 17.5 Å². The predicted octanol–water partition coefficient (Wildman–Crippen LogP) is 6.17. The number of aryl methyl sites for hydroxylation is 1. The van der Waals surface area contributed by atoms with Crippen LogP contribution in [0.15, 0.2) is 78.9 Å². The Kier molecular flexibility index (Phi) is 10.3. The molecule has 0 saturated heterocycles. The summed E-state index contributed by atoms with van der Waals surface area (Å²) in [6.07, 6.45) is 1.84. The number of para-hydroxylation sites is 2. The number of nitrogen functional groups attached to an aromatic ring is 1. The lowest BCUT2D eigenvalue weighted by Crippen LogP contribution is -2.28. The molecule has 0 aliphatic rings. The molecule has 0 aromatic heterocycles. The minimum absolute atomic E-state index is 0.00836. The van der Waals surface area contributed by atoms with Crippen molar-refractivity contribution in [1.29, 1.82) is 0 Å². The summed E-state index contributed by atoms with van der Waals surface area (Å²) in [5.74, 6) is -0.321. The van der Waals surface area contributed by atoms with Gasteiger partial charge in [-0.2, -0.15) is 0 Å². The Bertz CT molecular complexity index is 1250. The van der Waals surface area contributed by atoms with Crippen LogP contribution in [0.1, 0.15) is 30.1 Å². The number of benzene rings is 3. The van der Waals surface area contributed by atoms with Crippen LogP contribution in [-0.4, -0.2) is 30.3 Å². The van der Waals surface area contributed by atoms with E-state index in [4.69, 9.17) is 15.2 Å². The number of nitrogens with one attached hydrogen (secondary N) is 2. The number of rotatable bonds is 10. The van der Waals surface area contributed by atoms with E-state index in [9.17, 15) is 14.7 Å². The third-order valence-corrected chi connectivity index (χ3v) is 6.25. The molecule has 2 amide bonds. The second-order valence-electron chi connectivity index (χ2n) is 8.35. The Hall–Kier alpha value is -3.57. The molecule has 3 rings (SSSR count). The first-order valence-electron chi connectivity index (χ1n) is 11.6. The van der Waals surface area contributed by atoms with Crippen molar-refractivity contribution in [1.82, 2.24) is 0 Å². The van der Waals surface area contributed by atoms with Crippen molar-refractivity contribution in [2.45, 2.75) is 32.0 Å². The van der Waals surface area contributed by atoms with Gasteiger partial charge in [-0.25, -0.2) is 4.79 Å². The standard InChI is InChI=1S/C28H30IN3O5/c1-18-11-14-20(15-12-18)31-28(35)37-27(21-17-19(29)13-16-24(21)33)25(36-2)9-5-6-10-26(34)32-23-8-4-3-7-22(23)30/h3-4,6-8,10-17,25,27,33H,5,9,30H2,1-2H3,(H,31,35)(H,32,34)/b10-6+/t25-,27-/m1/s1. The average Bonchev–Trinajstić information content (AvgIpc) is 2.87. The largest absolute Gasteiger partial charge is 0.508 e. The van der Waals surface area contributed by atoms with Gasteiger partial charge in [-0.3, -0.25) is 10.1 Å². The number of amides is 2. The number of phenolic OH excluding ortho intramolecular Hbond substituents is 1. The Morgan fingerprint density at radius 2 is 1.81 bits per heavy atom. The third kappa shape index (κ3) is 8.50. The maximum Gasteiger partial charge on any atom is 0.412 e. The van der Waals surface area contributed by atoms with Crippen LogP contribution in [0.2, 0.25) is 0 Å². The molecule has 2 atom stereocenters. The molecule has 37 heavy (non-hydrogen) atoms. The molecule has 9 heteroatoms. The molecule has 5 N–H and O–H groups in total. The Balaban J connectivity index is 1.69. The first kappa shape index (κ1) is 28.0. The van der Waals surface area contributed by atoms with Crippen molar-refractivity contribution in [2.75, 3.05) is 23.5 Å². The van der Waals surface area contributed by atoms with Crippen molar-refractivity contribution in [3.8, 4) is 5.75 Å². The molecule has 0 aliphatic carbocycles. The molecule has 0 spiro atoms. The second-order valence-corrected chi connectivity index (χ2v) is 9.60. The van der Waals surface area contributed by atoms with Gasteiger partial charge in [-0.15, -0.1) is 0 Å². The molecule has 3 aromatic rings. The fourth-order valence-electron chi connectivity index (χ4n) is 3.62. The van der Waals surface area contributed by atoms with Gasteiger partial charge in [0.15, 0.2) is 6.10 Å². The van der Waals surface area contributed by atoms with Gasteiger partial charge in [0.2, 0.25) is 5.91 Å². The minimum atomic E-state index is -0.892. The molecule has 0 aliphatic heterocycles. The van der Waals surface area contributed by atoms with E-state index in [1.807, 2.05) is 19.1 Å². The molecule has 0 fully saturated rings. The molecule has 194 valence electrons. The van der Waals surface area contributed by atoms with E-state index >= 15 is 0 Å². The van der Waals surface area contributed by atoms with E-state index in [1.54, 1.807) is 60.7 Å². The van der Waals surface area contributed by atoms with Crippen molar-refractivity contribution in [3.63, 3.8) is 0 Å². The Morgan fingerprint density at radius 3 is 2.51 bits per heavy atom. The van der Waals surface area contributed by atoms with E-state index in [0.717, 1.165) is 9.13 Å². The summed E-state index contributed by atoms with van der Waals surface area (Å²) in [7, 11) is 1.51. The van der Waals surface area contributed by atoms with E-state index < -0.39 is 18.3 Å². The highest BCUT2D eigenvalue weighted by Crippen LogP contribution is 2.34. The highest BCUT2D eigenvalue weighted by Gasteiger charge is 2.29. The van der Waals surface area contributed by atoms with Crippen LogP contribution in [-0.2, 0) is 14.3 Å². The van der Waals surface area contributed by atoms with Crippen LogP contribution in [0.4, 0.5) is 21.9 Å². The lowest BCUT2D eigenvalue weighted by molar-refractivity contribution is -0.111. The van der Waals surface area contributed by atoms with Crippen LogP contribution in [0.5, 0.6) is 5.75 Å². The van der Waals surface area contributed by atoms with Gasteiger partial charge in [0, 0.05) is 21.9 Å². The van der Waals surface area contributed by atoms with Gasteiger partial charge < -0.3 is 25.6 Å². The highest BCUT2D eigenvalue weighted by atomic mass is 127. The number of carbonyl (C=O) groups is 2. The molecular formula is C28H30IN3O5. The maximum atomic E-state index is 12.8. The second kappa shape index (κ2) is 13.7. The first-order chi connectivity index (χ1) is 17.8. The van der Waals surface area contributed by atoms with Crippen molar-refractivity contribution >= 4 is 51.7 Å². The van der Waals surface area contributed by atoms with Gasteiger partial charge in [-0.1, -0.05) is 35.9 Å². The number of halogens is 1. The maximum absolute atomic E-state index is 12.8. The van der Waals surface area contributed by atoms with Crippen LogP contribution < -0.4 is 16.4 Å². The van der Waals surface area contributed by atoms with Gasteiger partial charge >= 0.3 is 6.09 Å². The molecule has 0 radical (unpaired) electrons. The summed E-state index contributed by atoms with van der Waals surface area (Å²) >= 11 is 2.13. The first-order valence-corrected chi connectivity index (χ1v) is 12.7. The molecule has 0 saturated carbocycles. The molecule has 0 bridgehead atoms. The number of anilines is 3. The fourth-order valence-corrected chi connectivity index (χ4v) is 4.14. The van der Waals surface area contributed by atoms with E-state index in [1.165, 1.54) is 13.2 Å². The molecule has 0 heterocycles. The molecule has 0 unspecified atom stereocenters. The van der Waals surface area contributed by atoms with Gasteiger partial charge in [-0.05, 0) is 90.9 Å². The number of methoxy groups -OCH3 is 1. The number of aromatic hydroxyl groups is 1. The zero-order valence-corrected chi connectivity index (χ0v) is 22.8. The number of allylic oxidation sites excluding steroid dienone is 1. The van der Waals surface area contributed by atoms with Crippen LogP contribution in [0.3, 0.4) is 0 Å². The third-order valence-electron chi connectivity index (χ3n) is 5.57. The Labute approximate surface area is 230 Å². The van der Waals surface area contributed by atoms with Crippen molar-refractivity contribution in [3.05, 3.63) is 93.6 Å². The number of hydrogen-bond donors (Lipinski definition) is 4. The molecule has 3 aromatic carbocycles. The fraction of sp³-hybridized carbons (Fsp3) is 0.214. The van der Waals surface area contributed by atoms with Crippen LogP contribution in [0, 0.1) is 10.5 Å². The number of carbonyl (C=O) groups excluding carboxylic acids is 2. The minimum Gasteiger partial charge on any atom is -0.508 e. The summed E-state index contributed by atoms with van der Waals surface area (Å²) in [6, 6.07) is 19.4. The zero-order chi connectivity index (χ0) is 26.8. The predicted molar refractivity (Wildman–Crippen MR) is 154 cm³/mol. The topological polar surface area (TPSA) is 123 Å².